The largest absolute Gasteiger partial charge is 0.371 e. The van der Waals surface area contributed by atoms with E-state index in [9.17, 15) is 4.39 Å². The van der Waals surface area contributed by atoms with E-state index in [0.717, 1.165) is 38.3 Å². The molecule has 3 nitrogen and oxygen atoms in total. The Bertz CT molecular complexity index is 509. The third kappa shape index (κ3) is 4.12. The summed E-state index contributed by atoms with van der Waals surface area (Å²) in [6.07, 6.45) is 1.20. The number of ether oxygens (including phenoxy) is 1. The Morgan fingerprint density at radius 1 is 1.50 bits per heavy atom. The van der Waals surface area contributed by atoms with Gasteiger partial charge in [0.15, 0.2) is 0 Å². The second-order valence-electron chi connectivity index (χ2n) is 6.51. The first kappa shape index (κ1) is 18.0. The van der Waals surface area contributed by atoms with Crippen molar-refractivity contribution in [1.82, 2.24) is 10.2 Å². The molecule has 3 rings (SSSR count). The minimum atomic E-state index is -0.377. The lowest BCUT2D eigenvalue weighted by atomic mass is 9.89. The SMILES string of the molecule is CC1(CN2CCOC(c3ccc(F)c(Cl)c3)C2)CCNC1.Cl. The Kier molecular flexibility index (Phi) is 6.08. The molecule has 1 aromatic carbocycles. The van der Waals surface area contributed by atoms with Crippen LogP contribution in [0.15, 0.2) is 18.2 Å². The van der Waals surface area contributed by atoms with E-state index in [1.54, 1.807) is 12.1 Å². The summed E-state index contributed by atoms with van der Waals surface area (Å²) >= 11 is 5.88. The topological polar surface area (TPSA) is 24.5 Å². The maximum atomic E-state index is 13.3. The number of nitrogens with zero attached hydrogens (tertiary/aromatic N) is 1. The van der Waals surface area contributed by atoms with Gasteiger partial charge in [0.1, 0.15) is 5.82 Å². The highest BCUT2D eigenvalue weighted by Crippen LogP contribution is 2.30. The molecule has 0 amide bonds. The molecular formula is C16H23Cl2FN2O. The number of hydrogen-bond donors (Lipinski definition) is 1. The maximum Gasteiger partial charge on any atom is 0.141 e. The van der Waals surface area contributed by atoms with E-state index in [-0.39, 0.29) is 29.4 Å². The first-order valence-corrected chi connectivity index (χ1v) is 7.93. The van der Waals surface area contributed by atoms with Crippen LogP contribution in [0.25, 0.3) is 0 Å². The minimum Gasteiger partial charge on any atom is -0.371 e. The molecule has 2 unspecified atom stereocenters. The Morgan fingerprint density at radius 2 is 2.32 bits per heavy atom. The molecule has 124 valence electrons. The van der Waals surface area contributed by atoms with Crippen LogP contribution in [0.5, 0.6) is 0 Å². The van der Waals surface area contributed by atoms with E-state index >= 15 is 0 Å². The van der Waals surface area contributed by atoms with E-state index in [2.05, 4.69) is 17.1 Å². The molecule has 0 saturated carbocycles. The second-order valence-corrected chi connectivity index (χ2v) is 6.91. The van der Waals surface area contributed by atoms with Crippen molar-refractivity contribution in [2.75, 3.05) is 39.3 Å². The van der Waals surface area contributed by atoms with Gasteiger partial charge in [-0.15, -0.1) is 12.4 Å². The van der Waals surface area contributed by atoms with Crippen LogP contribution in [0, 0.1) is 11.2 Å². The monoisotopic (exact) mass is 348 g/mol. The molecule has 2 aliphatic heterocycles. The van der Waals surface area contributed by atoms with Gasteiger partial charge in [-0.2, -0.15) is 0 Å². The van der Waals surface area contributed by atoms with Gasteiger partial charge in [0, 0.05) is 26.2 Å². The van der Waals surface area contributed by atoms with Crippen LogP contribution in [0.3, 0.4) is 0 Å². The molecule has 2 fully saturated rings. The summed E-state index contributed by atoms with van der Waals surface area (Å²) in [4.78, 5) is 2.46. The first-order valence-electron chi connectivity index (χ1n) is 7.55. The Balaban J connectivity index is 0.00000176. The summed E-state index contributed by atoms with van der Waals surface area (Å²) in [5, 5.41) is 3.61. The average molecular weight is 349 g/mol. The standard InChI is InChI=1S/C16H22ClFN2O.ClH/c1-16(4-5-19-10-16)11-20-6-7-21-15(9-20)12-2-3-14(18)13(17)8-12;/h2-3,8,15,19H,4-7,9-11H2,1H3;1H. The molecule has 1 aromatic rings. The molecular weight excluding hydrogens is 326 g/mol. The van der Waals surface area contributed by atoms with E-state index in [0.29, 0.717) is 12.0 Å². The van der Waals surface area contributed by atoms with Crippen molar-refractivity contribution in [1.29, 1.82) is 0 Å². The Labute approximate surface area is 142 Å². The lowest BCUT2D eigenvalue weighted by Gasteiger charge is -2.37. The summed E-state index contributed by atoms with van der Waals surface area (Å²) < 4.78 is 19.1. The van der Waals surface area contributed by atoms with Crippen molar-refractivity contribution in [2.24, 2.45) is 5.41 Å². The lowest BCUT2D eigenvalue weighted by Crippen LogP contribution is -2.44. The number of halogens is 3. The van der Waals surface area contributed by atoms with Gasteiger partial charge in [0.2, 0.25) is 0 Å². The van der Waals surface area contributed by atoms with Crippen molar-refractivity contribution >= 4 is 24.0 Å². The molecule has 0 bridgehead atoms. The van der Waals surface area contributed by atoms with Crippen LogP contribution in [0.4, 0.5) is 4.39 Å². The molecule has 2 atom stereocenters. The van der Waals surface area contributed by atoms with Gasteiger partial charge in [-0.25, -0.2) is 4.39 Å². The van der Waals surface area contributed by atoms with Gasteiger partial charge < -0.3 is 10.1 Å². The summed E-state index contributed by atoms with van der Waals surface area (Å²) in [5.41, 5.74) is 1.31. The number of benzene rings is 1. The predicted octanol–water partition coefficient (Wildman–Crippen LogP) is 3.27. The normalized spacial score (nSPS) is 29.3. The van der Waals surface area contributed by atoms with Gasteiger partial charge in [-0.3, -0.25) is 4.90 Å². The summed E-state index contributed by atoms with van der Waals surface area (Å²) in [5.74, 6) is -0.377. The number of hydrogen-bond acceptors (Lipinski definition) is 3. The van der Waals surface area contributed by atoms with Crippen LogP contribution in [-0.2, 0) is 4.74 Å². The number of morpholine rings is 1. The molecule has 22 heavy (non-hydrogen) atoms. The van der Waals surface area contributed by atoms with E-state index in [4.69, 9.17) is 16.3 Å². The zero-order chi connectivity index (χ0) is 14.9. The Hall–Kier alpha value is -0.390. The predicted molar refractivity (Wildman–Crippen MR) is 89.4 cm³/mol. The highest BCUT2D eigenvalue weighted by atomic mass is 35.5. The average Bonchev–Trinajstić information content (AvgIpc) is 2.88. The van der Waals surface area contributed by atoms with Crippen LogP contribution < -0.4 is 5.32 Å². The molecule has 2 heterocycles. The first-order chi connectivity index (χ1) is 10.1. The zero-order valence-corrected chi connectivity index (χ0v) is 14.4. The molecule has 0 spiro atoms. The third-order valence-corrected chi connectivity index (χ3v) is 4.82. The molecule has 0 radical (unpaired) electrons. The fraction of sp³-hybridized carbons (Fsp3) is 0.625. The molecule has 0 aromatic heterocycles. The molecule has 1 N–H and O–H groups in total. The van der Waals surface area contributed by atoms with Crippen LogP contribution >= 0.6 is 24.0 Å². The van der Waals surface area contributed by atoms with Crippen molar-refractivity contribution in [3.63, 3.8) is 0 Å². The van der Waals surface area contributed by atoms with Crippen molar-refractivity contribution < 1.29 is 9.13 Å². The van der Waals surface area contributed by atoms with Gasteiger partial charge in [-0.05, 0) is 36.1 Å². The van der Waals surface area contributed by atoms with Crippen molar-refractivity contribution in [3.05, 3.63) is 34.6 Å². The van der Waals surface area contributed by atoms with E-state index < -0.39 is 0 Å². The second kappa shape index (κ2) is 7.45. The van der Waals surface area contributed by atoms with E-state index in [1.165, 1.54) is 12.5 Å². The maximum absolute atomic E-state index is 13.3. The molecule has 2 aliphatic rings. The van der Waals surface area contributed by atoms with Crippen LogP contribution in [0.2, 0.25) is 5.02 Å². The summed E-state index contributed by atoms with van der Waals surface area (Å²) in [7, 11) is 0. The smallest absolute Gasteiger partial charge is 0.141 e. The third-order valence-electron chi connectivity index (χ3n) is 4.53. The molecule has 0 aliphatic carbocycles. The number of nitrogens with one attached hydrogen (secondary N) is 1. The van der Waals surface area contributed by atoms with Crippen molar-refractivity contribution in [2.45, 2.75) is 19.4 Å². The van der Waals surface area contributed by atoms with Crippen LogP contribution in [-0.4, -0.2) is 44.2 Å². The van der Waals surface area contributed by atoms with Gasteiger partial charge >= 0.3 is 0 Å². The van der Waals surface area contributed by atoms with Gasteiger partial charge in [0.25, 0.3) is 0 Å². The van der Waals surface area contributed by atoms with Gasteiger partial charge in [-0.1, -0.05) is 24.6 Å². The van der Waals surface area contributed by atoms with Crippen molar-refractivity contribution in [3.8, 4) is 0 Å². The molecule has 2 saturated heterocycles. The summed E-state index contributed by atoms with van der Waals surface area (Å²) in [6, 6.07) is 4.88. The lowest BCUT2D eigenvalue weighted by molar-refractivity contribution is -0.0400. The number of rotatable bonds is 3. The van der Waals surface area contributed by atoms with Gasteiger partial charge in [0.05, 0.1) is 17.7 Å². The van der Waals surface area contributed by atoms with E-state index in [1.807, 2.05) is 0 Å². The highest BCUT2D eigenvalue weighted by Gasteiger charge is 2.33. The molecule has 6 heteroatoms. The fourth-order valence-electron chi connectivity index (χ4n) is 3.30. The summed E-state index contributed by atoms with van der Waals surface area (Å²) in [6.45, 7) is 8.12. The zero-order valence-electron chi connectivity index (χ0n) is 12.8. The minimum absolute atomic E-state index is 0. The quantitative estimate of drug-likeness (QED) is 0.907. The van der Waals surface area contributed by atoms with Crippen LogP contribution in [0.1, 0.15) is 25.0 Å². The highest BCUT2D eigenvalue weighted by molar-refractivity contribution is 6.30. The fourth-order valence-corrected chi connectivity index (χ4v) is 3.49. The Morgan fingerprint density at radius 3 is 3.00 bits per heavy atom.